The van der Waals surface area contributed by atoms with E-state index in [1.54, 1.807) is 18.0 Å². The Balaban J connectivity index is 1.62. The topological polar surface area (TPSA) is 145 Å². The number of thioether (sulfide) groups is 2. The molecule has 0 unspecified atom stereocenters. The highest BCUT2D eigenvalue weighted by Gasteiger charge is 2.07. The van der Waals surface area contributed by atoms with E-state index in [-0.39, 0.29) is 11.5 Å². The van der Waals surface area contributed by atoms with E-state index in [0.29, 0.717) is 29.3 Å². The molecule has 2 rings (SSSR count). The van der Waals surface area contributed by atoms with Gasteiger partial charge in [0.05, 0.1) is 6.20 Å². The Labute approximate surface area is 162 Å². The first-order valence-corrected chi connectivity index (χ1v) is 10.7. The number of nitrogens with zero attached hydrogens (tertiary/aromatic N) is 5. The summed E-state index contributed by atoms with van der Waals surface area (Å²) < 4.78 is 5.12. The number of nitro groups is 1. The lowest BCUT2D eigenvalue weighted by Gasteiger charge is -2.06. The van der Waals surface area contributed by atoms with E-state index in [1.165, 1.54) is 29.4 Å². The Morgan fingerprint density at radius 1 is 1.46 bits per heavy atom. The summed E-state index contributed by atoms with van der Waals surface area (Å²) in [6.07, 6.45) is 3.90. The van der Waals surface area contributed by atoms with Gasteiger partial charge >= 0.3 is 0 Å². The van der Waals surface area contributed by atoms with Gasteiger partial charge in [-0.05, 0) is 6.42 Å². The van der Waals surface area contributed by atoms with Gasteiger partial charge in [-0.3, -0.25) is 15.1 Å². The molecule has 13 heteroatoms. The van der Waals surface area contributed by atoms with Crippen LogP contribution in [0.5, 0.6) is 0 Å². The molecule has 0 bridgehead atoms. The van der Waals surface area contributed by atoms with Gasteiger partial charge in [0, 0.05) is 35.3 Å². The van der Waals surface area contributed by atoms with Gasteiger partial charge in [0.25, 0.3) is 11.8 Å². The number of anilines is 1. The Bertz CT molecular complexity index is 693. The number of hydrogen-bond acceptors (Lipinski definition) is 11. The van der Waals surface area contributed by atoms with Crippen molar-refractivity contribution in [3.63, 3.8) is 0 Å². The number of aliphatic imine (C=N–C) groups is 1. The van der Waals surface area contributed by atoms with Gasteiger partial charge in [0.1, 0.15) is 11.3 Å². The number of nitrogen functional groups attached to an aromatic ring is 1. The van der Waals surface area contributed by atoms with Gasteiger partial charge in [-0.15, -0.1) is 10.2 Å². The van der Waals surface area contributed by atoms with Crippen LogP contribution in [0.15, 0.2) is 27.1 Å². The predicted molar refractivity (Wildman–Crippen MR) is 104 cm³/mol. The fourth-order valence-corrected chi connectivity index (χ4v) is 3.98. The third kappa shape index (κ3) is 8.49. The zero-order chi connectivity index (χ0) is 18.6. The quantitative estimate of drug-likeness (QED) is 0.131. The summed E-state index contributed by atoms with van der Waals surface area (Å²) in [5.41, 5.74) is 5.52. The van der Waals surface area contributed by atoms with Crippen molar-refractivity contribution in [1.29, 1.82) is 0 Å². The maximum Gasteiger partial charge on any atom is 0.259 e. The average molecular weight is 418 g/mol. The molecule has 2 aromatic heterocycles. The first-order chi connectivity index (χ1) is 12.6. The summed E-state index contributed by atoms with van der Waals surface area (Å²) in [4.78, 5) is 18.7. The molecule has 10 nitrogen and oxygen atoms in total. The highest BCUT2D eigenvalue weighted by molar-refractivity contribution is 7.99. The second-order valence-electron chi connectivity index (χ2n) is 4.83. The van der Waals surface area contributed by atoms with E-state index in [4.69, 9.17) is 10.2 Å². The minimum Gasteiger partial charge on any atom is -0.440 e. The fourth-order valence-electron chi connectivity index (χ4n) is 1.76. The third-order valence-electron chi connectivity index (χ3n) is 2.80. The van der Waals surface area contributed by atoms with Crippen molar-refractivity contribution < 1.29 is 9.34 Å². The van der Waals surface area contributed by atoms with Gasteiger partial charge in [-0.1, -0.05) is 23.1 Å². The molecule has 0 saturated carbocycles. The Morgan fingerprint density at radius 3 is 3.04 bits per heavy atom. The molecule has 0 aliphatic heterocycles. The maximum atomic E-state index is 10.8. The monoisotopic (exact) mass is 417 g/mol. The van der Waals surface area contributed by atoms with Crippen molar-refractivity contribution in [2.75, 3.05) is 36.9 Å². The number of nitrogens with one attached hydrogen (secondary N) is 1. The molecule has 3 N–H and O–H groups in total. The molecular formula is C13H19N7O3S3. The number of hydrogen-bond donors (Lipinski definition) is 2. The number of nitrogens with two attached hydrogens (primary N) is 1. The summed E-state index contributed by atoms with van der Waals surface area (Å²) in [5.74, 6) is 2.68. The van der Waals surface area contributed by atoms with Gasteiger partial charge < -0.3 is 15.5 Å². The Morgan fingerprint density at radius 2 is 2.35 bits per heavy atom. The molecule has 26 heavy (non-hydrogen) atoms. The lowest BCUT2D eigenvalue weighted by atomic mass is 10.4. The van der Waals surface area contributed by atoms with Crippen LogP contribution in [-0.2, 0) is 5.75 Å². The molecule has 0 radical (unpaired) electrons. The van der Waals surface area contributed by atoms with E-state index in [2.05, 4.69) is 25.5 Å². The van der Waals surface area contributed by atoms with Crippen molar-refractivity contribution in [3.05, 3.63) is 27.6 Å². The first kappa shape index (κ1) is 20.5. The summed E-state index contributed by atoms with van der Waals surface area (Å²) in [6.45, 7) is 0.808. The van der Waals surface area contributed by atoms with E-state index in [0.717, 1.165) is 28.7 Å². The van der Waals surface area contributed by atoms with Crippen LogP contribution in [0.2, 0.25) is 0 Å². The first-order valence-electron chi connectivity index (χ1n) is 7.70. The second kappa shape index (κ2) is 11.7. The van der Waals surface area contributed by atoms with Crippen LogP contribution in [0, 0.1) is 10.1 Å². The van der Waals surface area contributed by atoms with Crippen LogP contribution < -0.4 is 11.1 Å². The molecular weight excluding hydrogens is 398 g/mol. The lowest BCUT2D eigenvalue weighted by Crippen LogP contribution is -2.32. The molecule has 0 spiro atoms. The van der Waals surface area contributed by atoms with E-state index in [1.807, 2.05) is 0 Å². The van der Waals surface area contributed by atoms with Gasteiger partial charge in [-0.25, -0.2) is 4.98 Å². The van der Waals surface area contributed by atoms with Crippen LogP contribution in [0.25, 0.3) is 0 Å². The largest absolute Gasteiger partial charge is 0.440 e. The average Bonchev–Trinajstić information content (AvgIpc) is 3.25. The second-order valence-corrected chi connectivity index (χ2v) is 8.08. The van der Waals surface area contributed by atoms with E-state index >= 15 is 0 Å². The highest BCUT2D eigenvalue weighted by Crippen LogP contribution is 2.17. The summed E-state index contributed by atoms with van der Waals surface area (Å²) in [5, 5.41) is 23.4. The van der Waals surface area contributed by atoms with Gasteiger partial charge in [-0.2, -0.15) is 11.8 Å². The molecule has 142 valence electrons. The molecule has 0 atom stereocenters. The summed E-state index contributed by atoms with van der Waals surface area (Å²) in [7, 11) is 0. The van der Waals surface area contributed by atoms with Crippen LogP contribution in [-0.4, -0.2) is 57.1 Å². The van der Waals surface area contributed by atoms with Crippen LogP contribution in [0.1, 0.15) is 11.4 Å². The van der Waals surface area contributed by atoms with Gasteiger partial charge in [0.2, 0.25) is 5.13 Å². The van der Waals surface area contributed by atoms with E-state index in [9.17, 15) is 10.1 Å². The van der Waals surface area contributed by atoms with Crippen molar-refractivity contribution in [2.45, 2.75) is 17.4 Å². The Kier molecular flexibility index (Phi) is 9.20. The molecule has 2 heterocycles. The van der Waals surface area contributed by atoms with Crippen molar-refractivity contribution in [3.8, 4) is 0 Å². The van der Waals surface area contributed by atoms with Crippen LogP contribution >= 0.6 is 34.9 Å². The lowest BCUT2D eigenvalue weighted by molar-refractivity contribution is -0.463. The molecule has 0 amide bonds. The molecule has 0 aliphatic carbocycles. The summed E-state index contributed by atoms with van der Waals surface area (Å²) in [6, 6.07) is 0. The Hall–Kier alpha value is -1.86. The van der Waals surface area contributed by atoms with Crippen molar-refractivity contribution >= 4 is 45.8 Å². The van der Waals surface area contributed by atoms with Crippen LogP contribution in [0.4, 0.5) is 5.13 Å². The van der Waals surface area contributed by atoms with E-state index < -0.39 is 0 Å². The zero-order valence-corrected chi connectivity index (χ0v) is 16.3. The number of aromatic nitrogens is 3. The molecule has 0 saturated heterocycles. The third-order valence-corrected chi connectivity index (χ3v) is 5.65. The van der Waals surface area contributed by atoms with Crippen LogP contribution in [0.3, 0.4) is 0 Å². The number of amidine groups is 1. The standard InChI is InChI=1S/C13H19N7O3S3/c14-12-19-18-11(26-12)9-24-7-4-16-10(8-20(21)22)15-2-1-6-25-13-17-3-5-23-13/h3,5H,1-2,4,6-9H2,(H2,14,19)(H,15,16). The van der Waals surface area contributed by atoms with Gasteiger partial charge in [0.15, 0.2) is 5.84 Å². The predicted octanol–water partition coefficient (Wildman–Crippen LogP) is 1.79. The number of rotatable bonds is 12. The minimum atomic E-state index is -0.384. The SMILES string of the molecule is Nc1nnc(CSCCNC(C[N+](=O)[O-])=NCCCSc2ncco2)s1. The van der Waals surface area contributed by atoms with Crippen molar-refractivity contribution in [1.82, 2.24) is 20.5 Å². The molecule has 0 fully saturated rings. The number of oxazole rings is 1. The summed E-state index contributed by atoms with van der Waals surface area (Å²) >= 11 is 4.51. The highest BCUT2D eigenvalue weighted by atomic mass is 32.2. The van der Waals surface area contributed by atoms with Crippen molar-refractivity contribution in [2.24, 2.45) is 4.99 Å². The molecule has 2 aromatic rings. The maximum absolute atomic E-state index is 10.8. The smallest absolute Gasteiger partial charge is 0.259 e. The fraction of sp³-hybridized carbons (Fsp3) is 0.538. The normalized spacial score (nSPS) is 11.6. The molecule has 0 aliphatic rings. The zero-order valence-electron chi connectivity index (χ0n) is 13.9. The molecule has 0 aromatic carbocycles. The minimum absolute atomic E-state index is 0.301.